The zero-order valence-electron chi connectivity index (χ0n) is 17.5. The van der Waals surface area contributed by atoms with Crippen molar-refractivity contribution in [2.45, 2.75) is 71.0 Å². The highest BCUT2D eigenvalue weighted by Gasteiger charge is 2.63. The Bertz CT molecular complexity index is 474. The lowest BCUT2D eigenvalue weighted by atomic mass is 10.1. The summed E-state index contributed by atoms with van der Waals surface area (Å²) < 4.78 is 11.7. The Morgan fingerprint density at radius 2 is 1.54 bits per heavy atom. The lowest BCUT2D eigenvalue weighted by Gasteiger charge is -2.51. The molecule has 2 atom stereocenters. The average molecular weight is 405 g/mol. The summed E-state index contributed by atoms with van der Waals surface area (Å²) in [5.41, 5.74) is 0. The molecule has 0 amide bonds. The van der Waals surface area contributed by atoms with Crippen LogP contribution in [0.1, 0.15) is 60.8 Å². The minimum atomic E-state index is -2.47. The first-order valence-electron chi connectivity index (χ1n) is 9.79. The van der Waals surface area contributed by atoms with Crippen molar-refractivity contribution in [2.24, 2.45) is 0 Å². The maximum atomic E-state index is 12.6. The van der Waals surface area contributed by atoms with Crippen molar-refractivity contribution in [3.63, 3.8) is 0 Å². The van der Waals surface area contributed by atoms with E-state index in [9.17, 15) is 9.59 Å². The second-order valence-corrected chi connectivity index (χ2v) is 10.8. The molecule has 1 heterocycles. The smallest absolute Gasteiger partial charge is 0.348 e. The molecule has 152 valence electrons. The van der Waals surface area contributed by atoms with E-state index in [1.165, 1.54) is 0 Å². The van der Waals surface area contributed by atoms with E-state index >= 15 is 0 Å². The van der Waals surface area contributed by atoms with Gasteiger partial charge in [-0.25, -0.2) is 0 Å². The summed E-state index contributed by atoms with van der Waals surface area (Å²) in [6, 6.07) is 0. The number of unbranched alkanes of at least 4 members (excludes halogenated alkanes) is 1. The molecule has 0 bridgehead atoms. The van der Waals surface area contributed by atoms with Gasteiger partial charge in [0.25, 0.3) is 5.12 Å². The molecule has 0 aromatic rings. The molecule has 0 aromatic heterocycles. The largest absolute Gasteiger partial charge is 0.399 e. The topological polar surface area (TPSA) is 59.1 Å². The first-order chi connectivity index (χ1) is 12.3. The van der Waals surface area contributed by atoms with Gasteiger partial charge in [-0.1, -0.05) is 59.2 Å². The lowest BCUT2D eigenvalue weighted by Crippen LogP contribution is -2.69. The van der Waals surface area contributed by atoms with Crippen LogP contribution in [-0.2, 0) is 18.4 Å². The molecule has 2 unspecified atom stereocenters. The second kappa shape index (κ2) is 10.3. The van der Waals surface area contributed by atoms with Crippen LogP contribution in [0.3, 0.4) is 0 Å². The zero-order valence-corrected chi connectivity index (χ0v) is 19.4. The molecule has 26 heavy (non-hydrogen) atoms. The fourth-order valence-electron chi connectivity index (χ4n) is 3.77. The molecule has 1 saturated heterocycles. The molecule has 0 aliphatic carbocycles. The average Bonchev–Trinajstić information content (AvgIpc) is 2.64. The van der Waals surface area contributed by atoms with Gasteiger partial charge in [-0.15, -0.1) is 0 Å². The number of rotatable bonds is 13. The number of ketones is 1. The predicted octanol–water partition coefficient (Wildman–Crippen LogP) is 2.54. The third-order valence-corrected chi connectivity index (χ3v) is 9.83. The third kappa shape index (κ3) is 4.42. The first-order valence-corrected chi connectivity index (χ1v) is 12.1. The van der Waals surface area contributed by atoms with Gasteiger partial charge in [0.05, 0.1) is 0 Å². The van der Waals surface area contributed by atoms with Gasteiger partial charge < -0.3 is 8.85 Å². The SMILES string of the molecule is CCCCC1([SiH](OC)OC(C)(N(CC)CC)N(CC)CC)SC(=O)C1=O. The van der Waals surface area contributed by atoms with Gasteiger partial charge in [-0.2, -0.15) is 0 Å². The molecule has 6 nitrogen and oxygen atoms in total. The summed E-state index contributed by atoms with van der Waals surface area (Å²) >= 11 is 1.14. The highest BCUT2D eigenvalue weighted by Crippen LogP contribution is 2.46. The molecule has 1 rings (SSSR count). The fraction of sp³-hybridized carbons (Fsp3) is 0.889. The molecular weight excluding hydrogens is 368 g/mol. The minimum absolute atomic E-state index is 0.309. The maximum absolute atomic E-state index is 12.6. The van der Waals surface area contributed by atoms with E-state index in [0.29, 0.717) is 6.42 Å². The van der Waals surface area contributed by atoms with E-state index in [-0.39, 0.29) is 10.9 Å². The molecule has 0 N–H and O–H groups in total. The minimum Gasteiger partial charge on any atom is -0.399 e. The Morgan fingerprint density at radius 3 is 1.85 bits per heavy atom. The molecule has 1 aliphatic rings. The molecule has 0 radical (unpaired) electrons. The molecular formula is C18H36N2O4SSi. The summed E-state index contributed by atoms with van der Waals surface area (Å²) in [5, 5.41) is -0.355. The van der Waals surface area contributed by atoms with Crippen LogP contribution in [0.4, 0.5) is 0 Å². The van der Waals surface area contributed by atoms with Crippen molar-refractivity contribution in [3.05, 3.63) is 0 Å². The summed E-state index contributed by atoms with van der Waals surface area (Å²) in [6.07, 6.45) is 2.50. The van der Waals surface area contributed by atoms with Gasteiger partial charge in [-0.3, -0.25) is 19.4 Å². The summed E-state index contributed by atoms with van der Waals surface area (Å²) in [4.78, 5) is 28.9. The van der Waals surface area contributed by atoms with Crippen molar-refractivity contribution in [2.75, 3.05) is 33.3 Å². The van der Waals surface area contributed by atoms with Gasteiger partial charge in [0, 0.05) is 7.11 Å². The van der Waals surface area contributed by atoms with Crippen molar-refractivity contribution in [1.29, 1.82) is 0 Å². The van der Waals surface area contributed by atoms with Crippen LogP contribution >= 0.6 is 11.8 Å². The normalized spacial score (nSPS) is 22.2. The summed E-state index contributed by atoms with van der Waals surface area (Å²) in [6.45, 7) is 15.9. The van der Waals surface area contributed by atoms with Crippen molar-refractivity contribution in [3.8, 4) is 0 Å². The molecule has 1 aliphatic heterocycles. The quantitative estimate of drug-likeness (QED) is 0.266. The van der Waals surface area contributed by atoms with Crippen LogP contribution < -0.4 is 0 Å². The maximum Gasteiger partial charge on any atom is 0.348 e. The number of thioether (sulfide) groups is 1. The third-order valence-electron chi connectivity index (χ3n) is 5.37. The number of carbonyl (C=O) groups excluding carboxylic acids is 2. The van der Waals surface area contributed by atoms with Crippen LogP contribution in [-0.4, -0.2) is 73.5 Å². The number of nitrogens with zero attached hydrogens (tertiary/aromatic N) is 2. The lowest BCUT2D eigenvalue weighted by molar-refractivity contribution is -0.190. The zero-order chi connectivity index (χ0) is 20.0. The van der Waals surface area contributed by atoms with Gasteiger partial charge in [0.1, 0.15) is 4.37 Å². The van der Waals surface area contributed by atoms with E-state index in [1.54, 1.807) is 7.11 Å². The number of carbonyl (C=O) groups is 2. The highest BCUT2D eigenvalue weighted by atomic mass is 32.2. The van der Waals surface area contributed by atoms with Crippen LogP contribution in [0.15, 0.2) is 0 Å². The fourth-order valence-corrected chi connectivity index (χ4v) is 8.05. The van der Waals surface area contributed by atoms with Gasteiger partial charge >= 0.3 is 9.28 Å². The van der Waals surface area contributed by atoms with Crippen LogP contribution in [0.5, 0.6) is 0 Å². The molecule has 0 saturated carbocycles. The van der Waals surface area contributed by atoms with Crippen molar-refractivity contribution in [1.82, 2.24) is 9.80 Å². The second-order valence-electron chi connectivity index (χ2n) is 6.68. The highest BCUT2D eigenvalue weighted by molar-refractivity contribution is 8.22. The van der Waals surface area contributed by atoms with Crippen LogP contribution in [0.2, 0.25) is 0 Å². The Labute approximate surface area is 164 Å². The van der Waals surface area contributed by atoms with E-state index in [1.807, 2.05) is 0 Å². The van der Waals surface area contributed by atoms with Crippen LogP contribution in [0.25, 0.3) is 0 Å². The predicted molar refractivity (Wildman–Crippen MR) is 109 cm³/mol. The number of Topliss-reactive ketones (excluding diaryl/α,β-unsaturated/α-hetero) is 1. The molecule has 0 aromatic carbocycles. The Kier molecular flexibility index (Phi) is 9.45. The van der Waals surface area contributed by atoms with E-state index in [4.69, 9.17) is 8.85 Å². The van der Waals surface area contributed by atoms with E-state index in [2.05, 4.69) is 51.3 Å². The monoisotopic (exact) mass is 404 g/mol. The Balaban J connectivity index is 3.23. The van der Waals surface area contributed by atoms with Gasteiger partial charge in [0.2, 0.25) is 5.78 Å². The summed E-state index contributed by atoms with van der Waals surface area (Å²) in [5.74, 6) is -0.964. The standard InChI is InChI=1S/C18H36N2O4SSi/c1-8-13-14-18(15(21)16(22)25-18)26(23-7)24-17(6,19(9-2)10-3)20(11-4)12-5/h26H,8-14H2,1-7H3. The number of hydrogen-bond donors (Lipinski definition) is 0. The van der Waals surface area contributed by atoms with E-state index < -0.39 is 19.5 Å². The van der Waals surface area contributed by atoms with Gasteiger partial charge in [-0.05, 0) is 39.5 Å². The molecule has 0 spiro atoms. The van der Waals surface area contributed by atoms with Crippen LogP contribution in [0, 0.1) is 0 Å². The van der Waals surface area contributed by atoms with Crippen molar-refractivity contribution < 1.29 is 18.4 Å². The Hall–Kier alpha value is -0.253. The summed E-state index contributed by atoms with van der Waals surface area (Å²) in [7, 11) is -0.851. The van der Waals surface area contributed by atoms with Crippen molar-refractivity contribution >= 4 is 31.9 Å². The number of hydrogen-bond acceptors (Lipinski definition) is 7. The molecule has 1 fully saturated rings. The molecule has 8 heteroatoms. The van der Waals surface area contributed by atoms with Gasteiger partial charge in [0.15, 0.2) is 5.85 Å². The van der Waals surface area contributed by atoms with E-state index in [0.717, 1.165) is 50.8 Å². The Morgan fingerprint density at radius 1 is 1.04 bits per heavy atom. The first kappa shape index (κ1) is 23.8.